The molecule has 0 aliphatic rings. The van der Waals surface area contributed by atoms with Crippen LogP contribution in [0.3, 0.4) is 0 Å². The Bertz CT molecular complexity index is 693. The molecule has 1 heterocycles. The first-order chi connectivity index (χ1) is 10.7. The Morgan fingerprint density at radius 2 is 1.91 bits per heavy atom. The Labute approximate surface area is 144 Å². The number of nitrogens with two attached hydrogens (primary N) is 1. The molecule has 1 aromatic carbocycles. The van der Waals surface area contributed by atoms with Gasteiger partial charge < -0.3 is 11.2 Å². The number of benzene rings is 1. The van der Waals surface area contributed by atoms with Gasteiger partial charge in [0.2, 0.25) is 11.1 Å². The van der Waals surface area contributed by atoms with Crippen LogP contribution in [0.4, 0.5) is 0 Å². The SMILES string of the molecule is CC(Sc1nnc(-c2ccc(Cl)cc2)n1N)C(=O)NC(C)(C)C. The third kappa shape index (κ3) is 4.62. The molecule has 6 nitrogen and oxygen atoms in total. The number of rotatable bonds is 4. The third-order valence-corrected chi connectivity index (χ3v) is 4.23. The Balaban J connectivity index is 2.13. The highest BCUT2D eigenvalue weighted by atomic mass is 35.5. The summed E-state index contributed by atoms with van der Waals surface area (Å²) in [5, 5.41) is 11.9. The molecule has 2 rings (SSSR count). The normalized spacial score (nSPS) is 12.9. The van der Waals surface area contributed by atoms with Crippen molar-refractivity contribution in [2.75, 3.05) is 5.84 Å². The summed E-state index contributed by atoms with van der Waals surface area (Å²) in [7, 11) is 0. The van der Waals surface area contributed by atoms with Crippen LogP contribution in [0.2, 0.25) is 5.02 Å². The number of halogens is 1. The smallest absolute Gasteiger partial charge is 0.233 e. The molecule has 0 aliphatic heterocycles. The van der Waals surface area contributed by atoms with Crippen LogP contribution >= 0.6 is 23.4 Å². The molecule has 8 heteroatoms. The van der Waals surface area contributed by atoms with E-state index in [4.69, 9.17) is 17.4 Å². The summed E-state index contributed by atoms with van der Waals surface area (Å²) in [5.74, 6) is 6.51. The number of nitrogens with one attached hydrogen (secondary N) is 1. The van der Waals surface area contributed by atoms with Gasteiger partial charge in [0.25, 0.3) is 0 Å². The molecular formula is C15H20ClN5OS. The fourth-order valence-corrected chi connectivity index (χ4v) is 2.73. The van der Waals surface area contributed by atoms with Gasteiger partial charge in [0.15, 0.2) is 5.82 Å². The van der Waals surface area contributed by atoms with Gasteiger partial charge in [0.05, 0.1) is 5.25 Å². The van der Waals surface area contributed by atoms with Gasteiger partial charge in [-0.05, 0) is 52.0 Å². The van der Waals surface area contributed by atoms with E-state index in [9.17, 15) is 4.79 Å². The van der Waals surface area contributed by atoms with Crippen molar-refractivity contribution in [2.45, 2.75) is 43.6 Å². The van der Waals surface area contributed by atoms with Gasteiger partial charge in [0, 0.05) is 16.1 Å². The van der Waals surface area contributed by atoms with Crippen molar-refractivity contribution in [1.82, 2.24) is 20.2 Å². The number of hydrogen-bond donors (Lipinski definition) is 2. The van der Waals surface area contributed by atoms with Crippen molar-refractivity contribution >= 4 is 29.3 Å². The predicted molar refractivity (Wildman–Crippen MR) is 93.8 cm³/mol. The van der Waals surface area contributed by atoms with Crippen molar-refractivity contribution < 1.29 is 4.79 Å². The zero-order valence-corrected chi connectivity index (χ0v) is 15.1. The quantitative estimate of drug-likeness (QED) is 0.652. The second kappa shape index (κ2) is 6.80. The van der Waals surface area contributed by atoms with Crippen LogP contribution in [-0.4, -0.2) is 31.6 Å². The van der Waals surface area contributed by atoms with E-state index in [1.807, 2.05) is 39.8 Å². The minimum absolute atomic E-state index is 0.0708. The zero-order valence-electron chi connectivity index (χ0n) is 13.5. The van der Waals surface area contributed by atoms with Gasteiger partial charge in [-0.3, -0.25) is 4.79 Å². The van der Waals surface area contributed by atoms with E-state index in [-0.39, 0.29) is 16.7 Å². The lowest BCUT2D eigenvalue weighted by Crippen LogP contribution is -2.44. The number of aromatic nitrogens is 3. The zero-order chi connectivity index (χ0) is 17.2. The molecule has 0 spiro atoms. The summed E-state index contributed by atoms with van der Waals surface area (Å²) in [5.41, 5.74) is 0.527. The van der Waals surface area contributed by atoms with E-state index < -0.39 is 0 Å². The lowest BCUT2D eigenvalue weighted by atomic mass is 10.1. The van der Waals surface area contributed by atoms with Crippen LogP contribution in [-0.2, 0) is 4.79 Å². The van der Waals surface area contributed by atoms with Gasteiger partial charge in [-0.2, -0.15) is 0 Å². The summed E-state index contributed by atoms with van der Waals surface area (Å²) in [6, 6.07) is 7.16. The minimum Gasteiger partial charge on any atom is -0.351 e. The standard InChI is InChI=1S/C15H20ClN5OS/c1-9(13(22)18-15(2,3)4)23-14-20-19-12(21(14)17)10-5-7-11(16)8-6-10/h5-9H,17H2,1-4H3,(H,18,22). The van der Waals surface area contributed by atoms with E-state index in [0.29, 0.717) is 16.0 Å². The second-order valence-corrected chi connectivity index (χ2v) is 7.93. The molecule has 0 aliphatic carbocycles. The average Bonchev–Trinajstić information content (AvgIpc) is 2.79. The van der Waals surface area contributed by atoms with Gasteiger partial charge in [-0.1, -0.05) is 23.4 Å². The third-order valence-electron chi connectivity index (χ3n) is 2.92. The maximum atomic E-state index is 12.1. The highest BCUT2D eigenvalue weighted by molar-refractivity contribution is 8.00. The van der Waals surface area contributed by atoms with Crippen LogP contribution < -0.4 is 11.2 Å². The molecule has 1 amide bonds. The first-order valence-corrected chi connectivity index (χ1v) is 8.38. The second-order valence-electron chi connectivity index (χ2n) is 6.18. The van der Waals surface area contributed by atoms with Crippen molar-refractivity contribution in [3.8, 4) is 11.4 Å². The highest BCUT2D eigenvalue weighted by Crippen LogP contribution is 2.25. The topological polar surface area (TPSA) is 85.8 Å². The summed E-state index contributed by atoms with van der Waals surface area (Å²) in [6.07, 6.45) is 0. The van der Waals surface area contributed by atoms with Crippen LogP contribution in [0.5, 0.6) is 0 Å². The molecule has 0 saturated carbocycles. The molecule has 3 N–H and O–H groups in total. The predicted octanol–water partition coefficient (Wildman–Crippen LogP) is 2.71. The summed E-state index contributed by atoms with van der Waals surface area (Å²) >= 11 is 7.14. The number of carbonyl (C=O) groups is 1. The fourth-order valence-electron chi connectivity index (χ4n) is 1.84. The van der Waals surface area contributed by atoms with Crippen molar-refractivity contribution in [3.05, 3.63) is 29.3 Å². The van der Waals surface area contributed by atoms with Gasteiger partial charge >= 0.3 is 0 Å². The number of thioether (sulfide) groups is 1. The molecule has 2 aromatic rings. The van der Waals surface area contributed by atoms with Gasteiger partial charge in [0.1, 0.15) is 0 Å². The van der Waals surface area contributed by atoms with E-state index >= 15 is 0 Å². The largest absolute Gasteiger partial charge is 0.351 e. The number of hydrogen-bond acceptors (Lipinski definition) is 5. The van der Waals surface area contributed by atoms with Gasteiger partial charge in [-0.25, -0.2) is 4.68 Å². The number of amides is 1. The van der Waals surface area contributed by atoms with Gasteiger partial charge in [-0.15, -0.1) is 10.2 Å². The van der Waals surface area contributed by atoms with Crippen LogP contribution in [0.15, 0.2) is 29.4 Å². The van der Waals surface area contributed by atoms with Crippen LogP contribution in [0, 0.1) is 0 Å². The Kier molecular flexibility index (Phi) is 5.21. The molecule has 1 aromatic heterocycles. The summed E-state index contributed by atoms with van der Waals surface area (Å²) < 4.78 is 1.38. The number of nitrogen functional groups attached to an aromatic ring is 1. The van der Waals surface area contributed by atoms with E-state index in [1.54, 1.807) is 12.1 Å². The molecule has 0 saturated heterocycles. The Hall–Kier alpha value is -1.73. The minimum atomic E-state index is -0.334. The van der Waals surface area contributed by atoms with Crippen molar-refractivity contribution in [1.29, 1.82) is 0 Å². The Morgan fingerprint density at radius 1 is 1.30 bits per heavy atom. The molecule has 0 bridgehead atoms. The van der Waals surface area contributed by atoms with Crippen LogP contribution in [0.25, 0.3) is 11.4 Å². The Morgan fingerprint density at radius 3 is 2.48 bits per heavy atom. The molecule has 0 radical (unpaired) electrons. The van der Waals surface area contributed by atoms with Crippen molar-refractivity contribution in [2.24, 2.45) is 0 Å². The maximum Gasteiger partial charge on any atom is 0.233 e. The van der Waals surface area contributed by atoms with Crippen LogP contribution in [0.1, 0.15) is 27.7 Å². The summed E-state index contributed by atoms with van der Waals surface area (Å²) in [6.45, 7) is 7.62. The van der Waals surface area contributed by atoms with E-state index in [2.05, 4.69) is 15.5 Å². The summed E-state index contributed by atoms with van der Waals surface area (Å²) in [4.78, 5) is 12.1. The number of carbonyl (C=O) groups excluding carboxylic acids is 1. The molecule has 23 heavy (non-hydrogen) atoms. The van der Waals surface area contributed by atoms with Crippen molar-refractivity contribution in [3.63, 3.8) is 0 Å². The van der Waals surface area contributed by atoms with E-state index in [1.165, 1.54) is 16.4 Å². The maximum absolute atomic E-state index is 12.1. The highest BCUT2D eigenvalue weighted by Gasteiger charge is 2.23. The lowest BCUT2D eigenvalue weighted by molar-refractivity contribution is -0.121. The first-order valence-electron chi connectivity index (χ1n) is 7.12. The average molecular weight is 354 g/mol. The monoisotopic (exact) mass is 353 g/mol. The molecule has 1 atom stereocenters. The van der Waals surface area contributed by atoms with E-state index in [0.717, 1.165) is 5.56 Å². The molecule has 124 valence electrons. The molecule has 1 unspecified atom stereocenters. The number of nitrogens with zero attached hydrogens (tertiary/aromatic N) is 3. The molecule has 0 fully saturated rings. The lowest BCUT2D eigenvalue weighted by Gasteiger charge is -2.22. The fraction of sp³-hybridized carbons (Fsp3) is 0.400. The first kappa shape index (κ1) is 17.6. The molecular weight excluding hydrogens is 334 g/mol.